The number of amides is 1. The van der Waals surface area contributed by atoms with Crippen LogP contribution in [0.25, 0.3) is 11.5 Å². The summed E-state index contributed by atoms with van der Waals surface area (Å²) in [4.78, 5) is 19.2. The zero-order valence-electron chi connectivity index (χ0n) is 14.1. The SMILES string of the molecule is Cc1noc(-c2ccc(C(=O)N(C3CC3)[C@@H](C)C(C)C)cc2)n1. The Morgan fingerprint density at radius 2 is 1.87 bits per heavy atom. The van der Waals surface area contributed by atoms with E-state index in [2.05, 4.69) is 35.8 Å². The fraction of sp³-hybridized carbons (Fsp3) is 0.500. The highest BCUT2D eigenvalue weighted by atomic mass is 16.5. The molecule has 3 rings (SSSR count). The maximum atomic E-state index is 12.9. The van der Waals surface area contributed by atoms with Crippen molar-refractivity contribution in [1.82, 2.24) is 15.0 Å². The maximum absolute atomic E-state index is 12.9. The minimum atomic E-state index is 0.113. The second-order valence-electron chi connectivity index (χ2n) is 6.65. The highest BCUT2D eigenvalue weighted by Crippen LogP contribution is 2.32. The number of aromatic nitrogens is 2. The van der Waals surface area contributed by atoms with E-state index in [1.54, 1.807) is 6.92 Å². The van der Waals surface area contributed by atoms with Crippen molar-refractivity contribution in [2.45, 2.75) is 52.6 Å². The Balaban J connectivity index is 1.81. The predicted molar refractivity (Wildman–Crippen MR) is 88.0 cm³/mol. The number of nitrogens with zero attached hydrogens (tertiary/aromatic N) is 3. The smallest absolute Gasteiger partial charge is 0.257 e. The number of carbonyl (C=O) groups excluding carboxylic acids is 1. The molecule has 1 amide bonds. The first kappa shape index (κ1) is 15.7. The third kappa shape index (κ3) is 3.28. The molecule has 23 heavy (non-hydrogen) atoms. The van der Waals surface area contributed by atoms with Crippen LogP contribution < -0.4 is 0 Å². The molecule has 122 valence electrons. The number of hydrogen-bond acceptors (Lipinski definition) is 4. The van der Waals surface area contributed by atoms with E-state index in [1.165, 1.54) is 0 Å². The molecule has 0 radical (unpaired) electrons. The first-order valence-corrected chi connectivity index (χ1v) is 8.20. The molecule has 1 atom stereocenters. The summed E-state index contributed by atoms with van der Waals surface area (Å²) in [6.45, 7) is 8.24. The van der Waals surface area contributed by atoms with Crippen LogP contribution in [-0.4, -0.2) is 33.0 Å². The van der Waals surface area contributed by atoms with Crippen LogP contribution in [0.1, 0.15) is 49.8 Å². The lowest BCUT2D eigenvalue weighted by atomic mass is 10.0. The third-order valence-electron chi connectivity index (χ3n) is 4.48. The van der Waals surface area contributed by atoms with E-state index in [0.717, 1.165) is 18.4 Å². The number of aryl methyl sites for hydroxylation is 1. The van der Waals surface area contributed by atoms with Gasteiger partial charge in [-0.2, -0.15) is 4.98 Å². The van der Waals surface area contributed by atoms with E-state index in [0.29, 0.717) is 29.2 Å². The van der Waals surface area contributed by atoms with Gasteiger partial charge >= 0.3 is 0 Å². The van der Waals surface area contributed by atoms with Crippen molar-refractivity contribution >= 4 is 5.91 Å². The topological polar surface area (TPSA) is 59.2 Å². The van der Waals surface area contributed by atoms with Crippen LogP contribution in [-0.2, 0) is 0 Å². The minimum absolute atomic E-state index is 0.113. The van der Waals surface area contributed by atoms with E-state index in [-0.39, 0.29) is 11.9 Å². The average molecular weight is 313 g/mol. The summed E-state index contributed by atoms with van der Waals surface area (Å²) < 4.78 is 5.16. The monoisotopic (exact) mass is 313 g/mol. The molecule has 1 saturated carbocycles. The molecule has 0 unspecified atom stereocenters. The van der Waals surface area contributed by atoms with E-state index in [9.17, 15) is 4.79 Å². The maximum Gasteiger partial charge on any atom is 0.257 e. The van der Waals surface area contributed by atoms with Gasteiger partial charge in [0.1, 0.15) is 0 Å². The Kier molecular flexibility index (Phi) is 4.20. The van der Waals surface area contributed by atoms with Crippen LogP contribution in [0.2, 0.25) is 0 Å². The molecule has 1 heterocycles. The van der Waals surface area contributed by atoms with Gasteiger partial charge in [-0.3, -0.25) is 4.79 Å². The zero-order valence-corrected chi connectivity index (χ0v) is 14.1. The highest BCUT2D eigenvalue weighted by Gasteiger charge is 2.37. The zero-order chi connectivity index (χ0) is 16.6. The van der Waals surface area contributed by atoms with Crippen molar-refractivity contribution in [2.75, 3.05) is 0 Å². The van der Waals surface area contributed by atoms with Gasteiger partial charge in [0.05, 0.1) is 0 Å². The van der Waals surface area contributed by atoms with Gasteiger partial charge in [0, 0.05) is 23.2 Å². The average Bonchev–Trinajstić information content (AvgIpc) is 3.27. The number of carbonyl (C=O) groups is 1. The molecule has 5 nitrogen and oxygen atoms in total. The molecule has 0 aliphatic heterocycles. The predicted octanol–water partition coefficient (Wildman–Crippen LogP) is 3.69. The lowest BCUT2D eigenvalue weighted by molar-refractivity contribution is 0.0628. The Hall–Kier alpha value is -2.17. The van der Waals surface area contributed by atoms with Crippen molar-refractivity contribution < 1.29 is 9.32 Å². The Morgan fingerprint density at radius 1 is 1.22 bits per heavy atom. The van der Waals surface area contributed by atoms with Gasteiger partial charge in [0.25, 0.3) is 11.8 Å². The van der Waals surface area contributed by atoms with Crippen molar-refractivity contribution in [2.24, 2.45) is 5.92 Å². The molecular formula is C18H23N3O2. The van der Waals surface area contributed by atoms with Gasteiger partial charge in [0.2, 0.25) is 0 Å². The molecule has 5 heteroatoms. The summed E-state index contributed by atoms with van der Waals surface area (Å²) in [6.07, 6.45) is 2.23. The largest absolute Gasteiger partial charge is 0.334 e. The summed E-state index contributed by atoms with van der Waals surface area (Å²) in [5, 5.41) is 3.79. The van der Waals surface area contributed by atoms with Crippen LogP contribution in [0, 0.1) is 12.8 Å². The molecule has 1 aliphatic carbocycles. The molecule has 0 N–H and O–H groups in total. The number of benzene rings is 1. The van der Waals surface area contributed by atoms with Crippen LogP contribution >= 0.6 is 0 Å². The quantitative estimate of drug-likeness (QED) is 0.844. The van der Waals surface area contributed by atoms with Gasteiger partial charge in [-0.05, 0) is 56.9 Å². The third-order valence-corrected chi connectivity index (χ3v) is 4.48. The normalized spacial score (nSPS) is 15.7. The van der Waals surface area contributed by atoms with Gasteiger partial charge < -0.3 is 9.42 Å². The Bertz CT molecular complexity index is 687. The summed E-state index contributed by atoms with van der Waals surface area (Å²) in [6, 6.07) is 8.07. The van der Waals surface area contributed by atoms with Gasteiger partial charge in [-0.1, -0.05) is 19.0 Å². The summed E-state index contributed by atoms with van der Waals surface area (Å²) in [5.41, 5.74) is 1.54. The Morgan fingerprint density at radius 3 is 2.35 bits per heavy atom. The molecule has 0 saturated heterocycles. The standard InChI is InChI=1S/C18H23N3O2/c1-11(2)12(3)21(16-9-10-16)18(22)15-7-5-14(6-8-15)17-19-13(4)20-23-17/h5-8,11-12,16H,9-10H2,1-4H3/t12-/m0/s1. The van der Waals surface area contributed by atoms with Crippen LogP contribution in [0.4, 0.5) is 0 Å². The highest BCUT2D eigenvalue weighted by molar-refractivity contribution is 5.95. The molecule has 1 aromatic carbocycles. The Labute approximate surface area is 136 Å². The molecule has 0 bridgehead atoms. The summed E-state index contributed by atoms with van der Waals surface area (Å²) in [7, 11) is 0. The van der Waals surface area contributed by atoms with Crippen molar-refractivity contribution in [1.29, 1.82) is 0 Å². The van der Waals surface area contributed by atoms with Crippen LogP contribution in [0.15, 0.2) is 28.8 Å². The van der Waals surface area contributed by atoms with Crippen LogP contribution in [0.5, 0.6) is 0 Å². The van der Waals surface area contributed by atoms with Crippen molar-refractivity contribution in [3.8, 4) is 11.5 Å². The summed E-state index contributed by atoms with van der Waals surface area (Å²) >= 11 is 0. The second kappa shape index (κ2) is 6.14. The van der Waals surface area contributed by atoms with Gasteiger partial charge in [0.15, 0.2) is 5.82 Å². The van der Waals surface area contributed by atoms with E-state index < -0.39 is 0 Å². The molecule has 1 aliphatic rings. The molecule has 1 aromatic heterocycles. The lowest BCUT2D eigenvalue weighted by Gasteiger charge is -2.32. The van der Waals surface area contributed by atoms with E-state index in [1.807, 2.05) is 24.3 Å². The lowest BCUT2D eigenvalue weighted by Crippen LogP contribution is -2.43. The molecule has 1 fully saturated rings. The number of hydrogen-bond donors (Lipinski definition) is 0. The first-order valence-electron chi connectivity index (χ1n) is 8.20. The van der Waals surface area contributed by atoms with Crippen LogP contribution in [0.3, 0.4) is 0 Å². The molecule has 2 aromatic rings. The molecule has 0 spiro atoms. The minimum Gasteiger partial charge on any atom is -0.334 e. The van der Waals surface area contributed by atoms with Crippen molar-refractivity contribution in [3.63, 3.8) is 0 Å². The van der Waals surface area contributed by atoms with E-state index in [4.69, 9.17) is 4.52 Å². The number of rotatable bonds is 5. The second-order valence-corrected chi connectivity index (χ2v) is 6.65. The fourth-order valence-corrected chi connectivity index (χ4v) is 2.68. The van der Waals surface area contributed by atoms with Gasteiger partial charge in [-0.15, -0.1) is 0 Å². The van der Waals surface area contributed by atoms with E-state index >= 15 is 0 Å². The fourth-order valence-electron chi connectivity index (χ4n) is 2.68. The summed E-state index contributed by atoms with van der Waals surface area (Å²) in [5.74, 6) is 1.64. The van der Waals surface area contributed by atoms with Crippen molar-refractivity contribution in [3.05, 3.63) is 35.7 Å². The molecular weight excluding hydrogens is 290 g/mol. The first-order chi connectivity index (χ1) is 11.0. The van der Waals surface area contributed by atoms with Gasteiger partial charge in [-0.25, -0.2) is 0 Å².